The Balaban J connectivity index is 1.28. The molecule has 1 N–H and O–H groups in total. The van der Waals surface area contributed by atoms with Crippen molar-refractivity contribution < 1.29 is 22.8 Å². The topological polar surface area (TPSA) is 122 Å². The fourth-order valence-electron chi connectivity index (χ4n) is 6.05. The predicted molar refractivity (Wildman–Crippen MR) is 145 cm³/mol. The number of hydrogen-bond acceptors (Lipinski definition) is 7. The summed E-state index contributed by atoms with van der Waals surface area (Å²) in [6.07, 6.45) is 5.13. The molecule has 3 aliphatic heterocycles. The molecule has 0 aliphatic carbocycles. The number of amides is 3. The summed E-state index contributed by atoms with van der Waals surface area (Å²) in [5, 5.41) is 3.13. The number of imide groups is 1. The van der Waals surface area contributed by atoms with E-state index in [1.54, 1.807) is 11.0 Å². The number of piperidine rings is 2. The number of rotatable bonds is 5. The van der Waals surface area contributed by atoms with E-state index in [0.29, 0.717) is 37.9 Å². The minimum Gasteiger partial charge on any atom is -0.336 e. The summed E-state index contributed by atoms with van der Waals surface area (Å²) in [6, 6.07) is 9.15. The van der Waals surface area contributed by atoms with Gasteiger partial charge in [-0.15, -0.1) is 0 Å². The van der Waals surface area contributed by atoms with E-state index >= 15 is 0 Å². The molecular weight excluding hydrogens is 518 g/mol. The van der Waals surface area contributed by atoms with Gasteiger partial charge in [-0.3, -0.25) is 24.6 Å². The predicted octanol–water partition coefficient (Wildman–Crippen LogP) is 2.01. The molecule has 3 amide bonds. The van der Waals surface area contributed by atoms with Gasteiger partial charge in [0.15, 0.2) is 0 Å². The third-order valence-electron chi connectivity index (χ3n) is 8.28. The van der Waals surface area contributed by atoms with Crippen LogP contribution in [0.2, 0.25) is 0 Å². The first-order valence-corrected chi connectivity index (χ1v) is 15.2. The summed E-state index contributed by atoms with van der Waals surface area (Å²) in [5.41, 5.74) is 5.05. The van der Waals surface area contributed by atoms with E-state index in [2.05, 4.69) is 22.3 Å². The molecule has 1 atom stereocenters. The van der Waals surface area contributed by atoms with E-state index < -0.39 is 21.8 Å². The number of pyridine rings is 1. The molecule has 2 aromatic heterocycles. The van der Waals surface area contributed by atoms with Crippen molar-refractivity contribution in [1.29, 1.82) is 0 Å². The Morgan fingerprint density at radius 2 is 1.82 bits per heavy atom. The lowest BCUT2D eigenvalue weighted by Gasteiger charge is -2.31. The molecule has 1 aromatic carbocycles. The van der Waals surface area contributed by atoms with E-state index in [9.17, 15) is 22.8 Å². The van der Waals surface area contributed by atoms with Crippen molar-refractivity contribution >= 4 is 38.6 Å². The number of sulfone groups is 1. The number of carbonyl (C=O) groups excluding carboxylic acids is 3. The average Bonchev–Trinajstić information content (AvgIpc) is 3.43. The first-order valence-electron chi connectivity index (χ1n) is 13.2. The Labute approximate surface area is 226 Å². The molecule has 2 fully saturated rings. The summed E-state index contributed by atoms with van der Waals surface area (Å²) in [6.45, 7) is 2.45. The Hall–Kier alpha value is -3.57. The Morgan fingerprint density at radius 3 is 2.54 bits per heavy atom. The zero-order valence-electron chi connectivity index (χ0n) is 22.0. The highest BCUT2D eigenvalue weighted by Crippen LogP contribution is 2.33. The molecule has 3 aromatic rings. The van der Waals surface area contributed by atoms with Gasteiger partial charge < -0.3 is 9.47 Å². The number of nitrogens with one attached hydrogen (secondary N) is 1. The van der Waals surface area contributed by atoms with Crippen molar-refractivity contribution in [3.05, 3.63) is 53.2 Å². The van der Waals surface area contributed by atoms with E-state index in [1.807, 2.05) is 29.9 Å². The van der Waals surface area contributed by atoms with Crippen molar-refractivity contribution in [2.75, 3.05) is 19.3 Å². The van der Waals surface area contributed by atoms with Crippen molar-refractivity contribution in [3.8, 4) is 11.3 Å². The SMILES string of the molecule is Cn1ccc2c(CN3CCC(S(C)(=O)=O)CC3)cc(-c3ccc4c(c3)CN(C3CCC(=O)NC3=O)C4=O)nc21. The molecule has 2 saturated heterocycles. The zero-order valence-corrected chi connectivity index (χ0v) is 22.8. The number of nitrogens with zero attached hydrogens (tertiary/aromatic N) is 4. The molecule has 0 spiro atoms. The standard InChI is InChI=1S/C28H31N5O5S/c1-31-10-9-21-19(15-32-11-7-20(8-12-32)39(2,37)38)14-23(29-26(21)31)17-3-4-22-18(13-17)16-33(28(22)36)24-5-6-25(34)30-27(24)35/h3-4,9-10,13-14,20,24H,5-8,11-12,15-16H2,1-2H3,(H,30,34,35). The first kappa shape index (κ1) is 25.7. The molecule has 10 nitrogen and oxygen atoms in total. The average molecular weight is 550 g/mol. The number of likely N-dealkylation sites (tertiary alicyclic amines) is 1. The molecule has 6 rings (SSSR count). The van der Waals surface area contributed by atoms with Crippen molar-refractivity contribution in [3.63, 3.8) is 0 Å². The van der Waals surface area contributed by atoms with Gasteiger partial charge in [-0.1, -0.05) is 6.07 Å². The Kier molecular flexibility index (Phi) is 6.30. The molecular formula is C28H31N5O5S. The second-order valence-corrected chi connectivity index (χ2v) is 13.2. The lowest BCUT2D eigenvalue weighted by Crippen LogP contribution is -2.52. The molecule has 0 bridgehead atoms. The number of aryl methyl sites for hydroxylation is 1. The van der Waals surface area contributed by atoms with Crippen LogP contribution < -0.4 is 5.32 Å². The number of fused-ring (bicyclic) bond motifs is 2. The van der Waals surface area contributed by atoms with Crippen molar-refractivity contribution in [2.24, 2.45) is 7.05 Å². The molecule has 11 heteroatoms. The zero-order chi connectivity index (χ0) is 27.5. The molecule has 5 heterocycles. The smallest absolute Gasteiger partial charge is 0.255 e. The second kappa shape index (κ2) is 9.56. The van der Waals surface area contributed by atoms with Crippen LogP contribution in [0.25, 0.3) is 22.3 Å². The molecule has 1 unspecified atom stereocenters. The van der Waals surface area contributed by atoms with Gasteiger partial charge in [0.25, 0.3) is 5.91 Å². The van der Waals surface area contributed by atoms with Crippen LogP contribution in [0.1, 0.15) is 47.2 Å². The van der Waals surface area contributed by atoms with Crippen LogP contribution in [0.15, 0.2) is 36.5 Å². The van der Waals surface area contributed by atoms with Crippen molar-refractivity contribution in [2.45, 2.75) is 50.1 Å². The highest BCUT2D eigenvalue weighted by atomic mass is 32.2. The summed E-state index contributed by atoms with van der Waals surface area (Å²) >= 11 is 0. The second-order valence-electron chi connectivity index (χ2n) is 10.9. The third kappa shape index (κ3) is 4.74. The summed E-state index contributed by atoms with van der Waals surface area (Å²) in [4.78, 5) is 45.9. The lowest BCUT2D eigenvalue weighted by atomic mass is 10.0. The fourth-order valence-corrected chi connectivity index (χ4v) is 7.12. The van der Waals surface area contributed by atoms with E-state index in [1.165, 1.54) is 6.26 Å². The Bertz CT molecular complexity index is 1620. The van der Waals surface area contributed by atoms with Crippen LogP contribution in [0.4, 0.5) is 0 Å². The van der Waals surface area contributed by atoms with E-state index in [0.717, 1.165) is 46.5 Å². The van der Waals surface area contributed by atoms with Gasteiger partial charge in [-0.2, -0.15) is 0 Å². The number of benzene rings is 1. The molecule has 39 heavy (non-hydrogen) atoms. The van der Waals surface area contributed by atoms with E-state index in [4.69, 9.17) is 4.98 Å². The van der Waals surface area contributed by atoms with Gasteiger partial charge in [-0.05, 0) is 67.7 Å². The quantitative estimate of drug-likeness (QED) is 0.483. The van der Waals surface area contributed by atoms with Gasteiger partial charge >= 0.3 is 0 Å². The molecule has 204 valence electrons. The van der Waals surface area contributed by atoms with Crippen LogP contribution in [-0.2, 0) is 39.6 Å². The lowest BCUT2D eigenvalue weighted by molar-refractivity contribution is -0.136. The number of hydrogen-bond donors (Lipinski definition) is 1. The summed E-state index contributed by atoms with van der Waals surface area (Å²) in [5.74, 6) is -0.927. The minimum atomic E-state index is -3.03. The van der Waals surface area contributed by atoms with Gasteiger partial charge in [0.05, 0.1) is 10.9 Å². The maximum Gasteiger partial charge on any atom is 0.255 e. The normalized spacial score (nSPS) is 21.0. The summed E-state index contributed by atoms with van der Waals surface area (Å²) < 4.78 is 26.0. The van der Waals surface area contributed by atoms with Crippen LogP contribution in [-0.4, -0.2) is 76.1 Å². The van der Waals surface area contributed by atoms with Crippen LogP contribution >= 0.6 is 0 Å². The molecule has 0 saturated carbocycles. The van der Waals surface area contributed by atoms with Gasteiger partial charge in [0.2, 0.25) is 11.8 Å². The van der Waals surface area contributed by atoms with Gasteiger partial charge in [-0.25, -0.2) is 13.4 Å². The monoisotopic (exact) mass is 549 g/mol. The fraction of sp³-hybridized carbons (Fsp3) is 0.429. The summed E-state index contributed by atoms with van der Waals surface area (Å²) in [7, 11) is -1.07. The van der Waals surface area contributed by atoms with E-state index in [-0.39, 0.29) is 23.5 Å². The first-order chi connectivity index (χ1) is 18.6. The van der Waals surface area contributed by atoms with Crippen LogP contribution in [0.5, 0.6) is 0 Å². The minimum absolute atomic E-state index is 0.199. The van der Waals surface area contributed by atoms with Gasteiger partial charge in [0.1, 0.15) is 21.5 Å². The van der Waals surface area contributed by atoms with Gasteiger partial charge in [0, 0.05) is 55.5 Å². The highest BCUT2D eigenvalue weighted by Gasteiger charge is 2.39. The van der Waals surface area contributed by atoms with Crippen molar-refractivity contribution in [1.82, 2.24) is 24.7 Å². The molecule has 0 radical (unpaired) electrons. The molecule has 3 aliphatic rings. The Morgan fingerprint density at radius 1 is 1.05 bits per heavy atom. The largest absolute Gasteiger partial charge is 0.336 e. The maximum absolute atomic E-state index is 13.1. The third-order valence-corrected chi connectivity index (χ3v) is 9.96. The van der Waals surface area contributed by atoms with Crippen LogP contribution in [0, 0.1) is 0 Å². The number of aromatic nitrogens is 2. The van der Waals surface area contributed by atoms with Crippen LogP contribution in [0.3, 0.4) is 0 Å². The maximum atomic E-state index is 13.1. The number of carbonyl (C=O) groups is 3. The highest BCUT2D eigenvalue weighted by molar-refractivity contribution is 7.91.